The molecule has 6 rings (SSSR count). The molecular formula is C32H32F3N5O2. The van der Waals surface area contributed by atoms with Gasteiger partial charge in [0.15, 0.2) is 23.6 Å². The zero-order valence-corrected chi connectivity index (χ0v) is 23.3. The highest BCUT2D eigenvalue weighted by Gasteiger charge is 2.38. The summed E-state index contributed by atoms with van der Waals surface area (Å²) in [7, 11) is 0. The third-order valence-electron chi connectivity index (χ3n) is 8.78. The number of hydrogen-bond donors (Lipinski definition) is 1. The fourth-order valence-corrected chi connectivity index (χ4v) is 6.32. The lowest BCUT2D eigenvalue weighted by atomic mass is 9.74. The monoisotopic (exact) mass is 575 g/mol. The number of fused-ring (bicyclic) bond motifs is 1. The van der Waals surface area contributed by atoms with E-state index in [0.29, 0.717) is 59.8 Å². The van der Waals surface area contributed by atoms with Gasteiger partial charge in [0.25, 0.3) is 0 Å². The Morgan fingerprint density at radius 3 is 2.38 bits per heavy atom. The van der Waals surface area contributed by atoms with E-state index in [0.717, 1.165) is 30.5 Å². The van der Waals surface area contributed by atoms with Crippen molar-refractivity contribution in [1.29, 1.82) is 0 Å². The topological polar surface area (TPSA) is 89.8 Å². The zero-order chi connectivity index (χ0) is 29.4. The van der Waals surface area contributed by atoms with Gasteiger partial charge in [-0.1, -0.05) is 48.9 Å². The standard InChI is InChI=1S/C32H32F3N5O2/c1-19(21-9-5-10-21)36-29-28-30(38-26(18-41)37-29)39-31(40(28)17-20-13-15-23(16-14-20)32(33,34)35)24-11-6-12-25(42)27(24)22-7-3-2-4-8-22/h2-4,7-8,13-16,18-19,21,24,27H,5-6,9-12,17H2,1H3,(H,36,37,38). The number of rotatable bonds is 8. The molecule has 0 spiro atoms. The molecule has 42 heavy (non-hydrogen) atoms. The van der Waals surface area contributed by atoms with Crippen molar-refractivity contribution in [3.8, 4) is 0 Å². The van der Waals surface area contributed by atoms with Crippen molar-refractivity contribution in [3.63, 3.8) is 0 Å². The number of hydrogen-bond acceptors (Lipinski definition) is 6. The van der Waals surface area contributed by atoms with Gasteiger partial charge >= 0.3 is 6.18 Å². The number of ketones is 1. The summed E-state index contributed by atoms with van der Waals surface area (Å²) in [6.07, 6.45) is 1.39. The number of carbonyl (C=O) groups is 2. The first-order valence-corrected chi connectivity index (χ1v) is 14.5. The van der Waals surface area contributed by atoms with Gasteiger partial charge in [-0.25, -0.2) is 15.0 Å². The summed E-state index contributed by atoms with van der Waals surface area (Å²) in [6.45, 7) is 2.29. The Balaban J connectivity index is 1.51. The maximum atomic E-state index is 13.4. The van der Waals surface area contributed by atoms with Crippen LogP contribution < -0.4 is 5.32 Å². The summed E-state index contributed by atoms with van der Waals surface area (Å²) >= 11 is 0. The van der Waals surface area contributed by atoms with E-state index in [1.54, 1.807) is 0 Å². The molecule has 4 aromatic rings. The molecule has 2 aliphatic rings. The van der Waals surface area contributed by atoms with Gasteiger partial charge in [-0.2, -0.15) is 13.2 Å². The van der Waals surface area contributed by atoms with Crippen LogP contribution in [0.15, 0.2) is 54.6 Å². The van der Waals surface area contributed by atoms with Crippen molar-refractivity contribution < 1.29 is 22.8 Å². The van der Waals surface area contributed by atoms with Crippen molar-refractivity contribution >= 4 is 29.1 Å². The van der Waals surface area contributed by atoms with Crippen LogP contribution in [-0.2, 0) is 17.5 Å². The third kappa shape index (κ3) is 5.42. The minimum Gasteiger partial charge on any atom is -0.365 e. The number of halogens is 3. The molecule has 2 heterocycles. The van der Waals surface area contributed by atoms with Crippen molar-refractivity contribution in [2.24, 2.45) is 5.92 Å². The Labute approximate surface area is 241 Å². The van der Waals surface area contributed by atoms with E-state index in [9.17, 15) is 22.8 Å². The molecule has 0 saturated heterocycles. The van der Waals surface area contributed by atoms with Crippen molar-refractivity contribution in [2.75, 3.05) is 5.32 Å². The molecular weight excluding hydrogens is 543 g/mol. The van der Waals surface area contributed by atoms with E-state index in [1.807, 2.05) is 34.9 Å². The number of aldehydes is 1. The Kier molecular flexibility index (Phi) is 7.55. The number of aromatic nitrogens is 4. The Morgan fingerprint density at radius 1 is 1.00 bits per heavy atom. The molecule has 2 aromatic heterocycles. The average molecular weight is 576 g/mol. The molecule has 3 atom stereocenters. The fourth-order valence-electron chi connectivity index (χ4n) is 6.32. The molecule has 0 bridgehead atoms. The Bertz CT molecular complexity index is 1600. The molecule has 2 fully saturated rings. The predicted octanol–water partition coefficient (Wildman–Crippen LogP) is 6.93. The summed E-state index contributed by atoms with van der Waals surface area (Å²) in [5, 5.41) is 3.50. The van der Waals surface area contributed by atoms with Gasteiger partial charge in [-0.15, -0.1) is 0 Å². The second kappa shape index (κ2) is 11.3. The Hall–Kier alpha value is -4.08. The maximum Gasteiger partial charge on any atom is 0.416 e. The van der Waals surface area contributed by atoms with Gasteiger partial charge in [0.2, 0.25) is 0 Å². The minimum absolute atomic E-state index is 0.00382. The fraction of sp³-hybridized carbons (Fsp3) is 0.406. The maximum absolute atomic E-state index is 13.4. The smallest absolute Gasteiger partial charge is 0.365 e. The van der Waals surface area contributed by atoms with Crippen LogP contribution in [0.3, 0.4) is 0 Å². The van der Waals surface area contributed by atoms with Gasteiger partial charge in [-0.05, 0) is 61.8 Å². The van der Waals surface area contributed by atoms with E-state index in [4.69, 9.17) is 4.98 Å². The van der Waals surface area contributed by atoms with Crippen LogP contribution in [0.5, 0.6) is 0 Å². The van der Waals surface area contributed by atoms with Gasteiger partial charge in [0, 0.05) is 24.9 Å². The van der Waals surface area contributed by atoms with Crippen molar-refractivity contribution in [1.82, 2.24) is 19.5 Å². The molecule has 0 radical (unpaired) electrons. The summed E-state index contributed by atoms with van der Waals surface area (Å²) in [6, 6.07) is 14.8. The van der Waals surface area contributed by atoms with Crippen LogP contribution in [0.25, 0.3) is 11.2 Å². The second-order valence-corrected chi connectivity index (χ2v) is 11.4. The van der Waals surface area contributed by atoms with Crippen LogP contribution in [0.1, 0.15) is 90.4 Å². The van der Waals surface area contributed by atoms with E-state index in [1.165, 1.54) is 18.6 Å². The molecule has 2 aromatic carbocycles. The van der Waals surface area contributed by atoms with E-state index < -0.39 is 17.7 Å². The van der Waals surface area contributed by atoms with Gasteiger partial charge in [0.1, 0.15) is 17.1 Å². The number of Topliss-reactive ketones (excluding diaryl/α,β-unsaturated/α-hetero) is 1. The molecule has 0 amide bonds. The Morgan fingerprint density at radius 2 is 1.74 bits per heavy atom. The third-order valence-corrected chi connectivity index (χ3v) is 8.78. The molecule has 218 valence electrons. The highest BCUT2D eigenvalue weighted by Crippen LogP contribution is 2.43. The second-order valence-electron chi connectivity index (χ2n) is 11.4. The quantitative estimate of drug-likeness (QED) is 0.229. The number of carbonyl (C=O) groups excluding carboxylic acids is 2. The average Bonchev–Trinajstić information content (AvgIpc) is 3.30. The molecule has 1 N–H and O–H groups in total. The van der Waals surface area contributed by atoms with Crippen LogP contribution in [0.4, 0.5) is 19.0 Å². The number of benzene rings is 2. The van der Waals surface area contributed by atoms with E-state index >= 15 is 0 Å². The number of alkyl halides is 3. The van der Waals surface area contributed by atoms with Gasteiger partial charge < -0.3 is 9.88 Å². The largest absolute Gasteiger partial charge is 0.416 e. The zero-order valence-electron chi connectivity index (χ0n) is 23.3. The summed E-state index contributed by atoms with van der Waals surface area (Å²) < 4.78 is 41.8. The number of imidazole rings is 1. The molecule has 10 heteroatoms. The molecule has 0 aliphatic heterocycles. The first-order chi connectivity index (χ1) is 20.2. The first-order valence-electron chi connectivity index (χ1n) is 14.5. The lowest BCUT2D eigenvalue weighted by Crippen LogP contribution is -2.31. The number of nitrogens with zero attached hydrogens (tertiary/aromatic N) is 4. The van der Waals surface area contributed by atoms with Crippen molar-refractivity contribution in [3.05, 3.63) is 82.9 Å². The number of nitrogens with one attached hydrogen (secondary N) is 1. The number of anilines is 1. The van der Waals surface area contributed by atoms with Crippen LogP contribution in [0.2, 0.25) is 0 Å². The SMILES string of the molecule is CC(Nc1nc(C=O)nc2nc(C3CCCC(=O)C3c3ccccc3)n(Cc3ccc(C(F)(F)F)cc3)c12)C1CCC1. The molecule has 7 nitrogen and oxygen atoms in total. The molecule has 2 aliphatic carbocycles. The molecule has 2 saturated carbocycles. The summed E-state index contributed by atoms with van der Waals surface area (Å²) in [4.78, 5) is 39.1. The molecule has 3 unspecified atom stereocenters. The van der Waals surface area contributed by atoms with Crippen LogP contribution >= 0.6 is 0 Å². The lowest BCUT2D eigenvalue weighted by molar-refractivity contribution is -0.137. The normalized spacial score (nSPS) is 20.3. The first kappa shape index (κ1) is 28.1. The van der Waals surface area contributed by atoms with Gasteiger partial charge in [-0.3, -0.25) is 9.59 Å². The van der Waals surface area contributed by atoms with Crippen molar-refractivity contribution in [2.45, 2.75) is 76.0 Å². The van der Waals surface area contributed by atoms with E-state index in [2.05, 4.69) is 22.2 Å². The highest BCUT2D eigenvalue weighted by molar-refractivity contribution is 5.89. The van der Waals surface area contributed by atoms with Gasteiger partial charge in [0.05, 0.1) is 11.5 Å². The highest BCUT2D eigenvalue weighted by atomic mass is 19.4. The summed E-state index contributed by atoms with van der Waals surface area (Å²) in [5.74, 6) is 0.965. The van der Waals surface area contributed by atoms with E-state index in [-0.39, 0.29) is 30.1 Å². The van der Waals surface area contributed by atoms with Crippen LogP contribution in [0, 0.1) is 5.92 Å². The predicted molar refractivity (Wildman–Crippen MR) is 152 cm³/mol. The van der Waals surface area contributed by atoms with Crippen LogP contribution in [-0.4, -0.2) is 37.6 Å². The minimum atomic E-state index is -4.44. The summed E-state index contributed by atoms with van der Waals surface area (Å²) in [5.41, 5.74) is 1.71. The lowest BCUT2D eigenvalue weighted by Gasteiger charge is -2.32.